The van der Waals surface area contributed by atoms with Crippen LogP contribution in [0, 0.1) is 0 Å². The second-order valence-electron chi connectivity index (χ2n) is 4.44. The van der Waals surface area contributed by atoms with E-state index in [2.05, 4.69) is 5.10 Å². The average Bonchev–Trinajstić information content (AvgIpc) is 2.88. The molecule has 4 heteroatoms. The first-order chi connectivity index (χ1) is 8.29. The van der Waals surface area contributed by atoms with Gasteiger partial charge in [0.05, 0.1) is 5.69 Å². The fourth-order valence-corrected chi connectivity index (χ4v) is 2.44. The van der Waals surface area contributed by atoms with Gasteiger partial charge >= 0.3 is 0 Å². The van der Waals surface area contributed by atoms with Crippen LogP contribution in [0.5, 0.6) is 5.75 Å². The van der Waals surface area contributed by atoms with Gasteiger partial charge in [-0.2, -0.15) is 5.10 Å². The van der Waals surface area contributed by atoms with Gasteiger partial charge < -0.3 is 10.8 Å². The van der Waals surface area contributed by atoms with E-state index in [0.29, 0.717) is 12.5 Å². The number of hydrogen-bond donors (Lipinski definition) is 2. The molecular weight excluding hydrogens is 214 g/mol. The van der Waals surface area contributed by atoms with E-state index in [0.717, 1.165) is 24.2 Å². The molecule has 0 saturated heterocycles. The van der Waals surface area contributed by atoms with Gasteiger partial charge in [0.15, 0.2) is 0 Å². The van der Waals surface area contributed by atoms with E-state index < -0.39 is 0 Å². The molecule has 0 radical (unpaired) electrons. The molecule has 1 atom stereocenters. The highest BCUT2D eigenvalue weighted by Gasteiger charge is 2.25. The van der Waals surface area contributed by atoms with E-state index in [-0.39, 0.29) is 5.75 Å². The smallest absolute Gasteiger partial charge is 0.141 e. The minimum atomic E-state index is 0.248. The molecule has 0 fully saturated rings. The third-order valence-corrected chi connectivity index (χ3v) is 3.38. The second kappa shape index (κ2) is 3.89. The largest absolute Gasteiger partial charge is 0.506 e. The molecule has 88 valence electrons. The topological polar surface area (TPSA) is 64.1 Å². The van der Waals surface area contributed by atoms with Crippen molar-refractivity contribution in [1.29, 1.82) is 0 Å². The van der Waals surface area contributed by atoms with Gasteiger partial charge in [-0.3, -0.25) is 0 Å². The van der Waals surface area contributed by atoms with Crippen LogP contribution in [0.15, 0.2) is 30.5 Å². The maximum atomic E-state index is 9.79. The molecule has 3 rings (SSSR count). The number of phenolic OH excluding ortho intramolecular Hbond substituents is 1. The summed E-state index contributed by atoms with van der Waals surface area (Å²) in [5.74, 6) is 0.620. The lowest BCUT2D eigenvalue weighted by atomic mass is 10.1. The van der Waals surface area contributed by atoms with Crippen molar-refractivity contribution in [2.45, 2.75) is 18.8 Å². The van der Waals surface area contributed by atoms with Gasteiger partial charge in [-0.1, -0.05) is 12.1 Å². The number of aromatic nitrogens is 2. The molecule has 1 aromatic carbocycles. The van der Waals surface area contributed by atoms with E-state index in [4.69, 9.17) is 5.73 Å². The molecule has 1 aliphatic rings. The Balaban J connectivity index is 2.04. The number of rotatable bonds is 2. The van der Waals surface area contributed by atoms with Crippen molar-refractivity contribution in [1.82, 2.24) is 9.78 Å². The lowest BCUT2D eigenvalue weighted by molar-refractivity contribution is 0.470. The van der Waals surface area contributed by atoms with Gasteiger partial charge in [0.1, 0.15) is 11.4 Å². The van der Waals surface area contributed by atoms with Crippen LogP contribution < -0.4 is 5.73 Å². The fraction of sp³-hybridized carbons (Fsp3) is 0.308. The van der Waals surface area contributed by atoms with E-state index in [1.807, 2.05) is 18.3 Å². The zero-order chi connectivity index (χ0) is 11.8. The van der Waals surface area contributed by atoms with Crippen molar-refractivity contribution >= 4 is 0 Å². The Morgan fingerprint density at radius 1 is 1.41 bits per heavy atom. The lowest BCUT2D eigenvalue weighted by Crippen LogP contribution is -2.11. The Kier molecular flexibility index (Phi) is 2.37. The molecule has 0 amide bonds. The zero-order valence-corrected chi connectivity index (χ0v) is 9.50. The normalized spacial score (nSPS) is 18.3. The van der Waals surface area contributed by atoms with Gasteiger partial charge in [-0.25, -0.2) is 4.68 Å². The van der Waals surface area contributed by atoms with Crippen LogP contribution in [0.2, 0.25) is 0 Å². The molecule has 1 unspecified atom stereocenters. The molecule has 0 aliphatic heterocycles. The third-order valence-electron chi connectivity index (χ3n) is 3.38. The molecule has 1 aromatic heterocycles. The van der Waals surface area contributed by atoms with Gasteiger partial charge in [-0.05, 0) is 30.5 Å². The highest BCUT2D eigenvalue weighted by molar-refractivity contribution is 5.46. The van der Waals surface area contributed by atoms with Gasteiger partial charge in [0.25, 0.3) is 0 Å². The molecule has 0 spiro atoms. The minimum absolute atomic E-state index is 0.248. The predicted octanol–water partition coefficient (Wildman–Crippen LogP) is 1.57. The summed E-state index contributed by atoms with van der Waals surface area (Å²) in [5.41, 5.74) is 8.79. The number of phenols is 1. The lowest BCUT2D eigenvalue weighted by Gasteiger charge is -2.06. The molecule has 1 aliphatic carbocycles. The van der Waals surface area contributed by atoms with Crippen molar-refractivity contribution in [2.75, 3.05) is 6.54 Å². The maximum absolute atomic E-state index is 9.79. The van der Waals surface area contributed by atoms with Crippen molar-refractivity contribution in [2.24, 2.45) is 5.73 Å². The Bertz CT molecular complexity index is 547. The SMILES string of the molecule is NCC1CCc2cn(-c3ccccc3O)nc21. The minimum Gasteiger partial charge on any atom is -0.506 e. The molecular formula is C13H15N3O. The number of para-hydroxylation sites is 2. The third kappa shape index (κ3) is 1.61. The number of fused-ring (bicyclic) bond motifs is 1. The van der Waals surface area contributed by atoms with Crippen molar-refractivity contribution in [3.63, 3.8) is 0 Å². The number of hydrogen-bond acceptors (Lipinski definition) is 3. The summed E-state index contributed by atoms with van der Waals surface area (Å²) >= 11 is 0. The Morgan fingerprint density at radius 3 is 3.00 bits per heavy atom. The summed E-state index contributed by atoms with van der Waals surface area (Å²) < 4.78 is 1.75. The predicted molar refractivity (Wildman–Crippen MR) is 65.3 cm³/mol. The summed E-state index contributed by atoms with van der Waals surface area (Å²) in [5, 5.41) is 14.3. The number of nitrogens with zero attached hydrogens (tertiary/aromatic N) is 2. The van der Waals surface area contributed by atoms with Gasteiger partial charge in [-0.15, -0.1) is 0 Å². The van der Waals surface area contributed by atoms with Crippen LogP contribution in [-0.4, -0.2) is 21.4 Å². The molecule has 3 N–H and O–H groups in total. The molecule has 1 heterocycles. The maximum Gasteiger partial charge on any atom is 0.141 e. The van der Waals surface area contributed by atoms with Crippen molar-refractivity contribution < 1.29 is 5.11 Å². The monoisotopic (exact) mass is 229 g/mol. The highest BCUT2D eigenvalue weighted by Crippen LogP contribution is 2.32. The number of aromatic hydroxyl groups is 1. The standard InChI is InChI=1S/C13H15N3O/c14-7-9-5-6-10-8-16(15-13(9)10)11-3-1-2-4-12(11)17/h1-4,8-9,17H,5-7,14H2. The molecule has 0 saturated carbocycles. The van der Waals surface area contributed by atoms with Gasteiger partial charge in [0, 0.05) is 18.7 Å². The molecule has 17 heavy (non-hydrogen) atoms. The fourth-order valence-electron chi connectivity index (χ4n) is 2.44. The molecule has 2 aromatic rings. The van der Waals surface area contributed by atoms with Crippen LogP contribution in [0.1, 0.15) is 23.6 Å². The Morgan fingerprint density at radius 2 is 2.24 bits per heavy atom. The van der Waals surface area contributed by atoms with Crippen LogP contribution in [0.25, 0.3) is 5.69 Å². The second-order valence-corrected chi connectivity index (χ2v) is 4.44. The van der Waals surface area contributed by atoms with Crippen LogP contribution >= 0.6 is 0 Å². The summed E-state index contributed by atoms with van der Waals surface area (Å²) in [6, 6.07) is 7.22. The average molecular weight is 229 g/mol. The number of benzene rings is 1. The number of nitrogens with two attached hydrogens (primary N) is 1. The van der Waals surface area contributed by atoms with Crippen LogP contribution in [0.3, 0.4) is 0 Å². The first-order valence-electron chi connectivity index (χ1n) is 5.86. The Hall–Kier alpha value is -1.81. The summed E-state index contributed by atoms with van der Waals surface area (Å²) in [4.78, 5) is 0. The summed E-state index contributed by atoms with van der Waals surface area (Å²) in [6.45, 7) is 0.644. The molecule has 0 bridgehead atoms. The van der Waals surface area contributed by atoms with E-state index >= 15 is 0 Å². The Labute approximate surface area is 99.7 Å². The van der Waals surface area contributed by atoms with E-state index in [1.165, 1.54) is 5.56 Å². The zero-order valence-electron chi connectivity index (χ0n) is 9.50. The van der Waals surface area contributed by atoms with Crippen molar-refractivity contribution in [3.8, 4) is 11.4 Å². The number of aryl methyl sites for hydroxylation is 1. The van der Waals surface area contributed by atoms with Crippen LogP contribution in [-0.2, 0) is 6.42 Å². The van der Waals surface area contributed by atoms with E-state index in [9.17, 15) is 5.11 Å². The first-order valence-corrected chi connectivity index (χ1v) is 5.86. The van der Waals surface area contributed by atoms with E-state index in [1.54, 1.807) is 16.8 Å². The highest BCUT2D eigenvalue weighted by atomic mass is 16.3. The van der Waals surface area contributed by atoms with Crippen LogP contribution in [0.4, 0.5) is 0 Å². The summed E-state index contributed by atoms with van der Waals surface area (Å²) in [7, 11) is 0. The first kappa shape index (κ1) is 10.4. The quantitative estimate of drug-likeness (QED) is 0.821. The van der Waals surface area contributed by atoms with Crippen molar-refractivity contribution in [3.05, 3.63) is 41.7 Å². The van der Waals surface area contributed by atoms with Gasteiger partial charge in [0.2, 0.25) is 0 Å². The summed E-state index contributed by atoms with van der Waals surface area (Å²) in [6.07, 6.45) is 4.13. The molecule has 4 nitrogen and oxygen atoms in total.